The summed E-state index contributed by atoms with van der Waals surface area (Å²) in [6, 6.07) is 3.52. The number of ether oxygens (including phenoxy) is 1. The van der Waals surface area contributed by atoms with Crippen molar-refractivity contribution >= 4 is 29.4 Å². The molecule has 0 aliphatic heterocycles. The fourth-order valence-corrected chi connectivity index (χ4v) is 2.85. The number of aryl methyl sites for hydroxylation is 2. The summed E-state index contributed by atoms with van der Waals surface area (Å²) >= 11 is 0. The first-order chi connectivity index (χ1) is 12.9. The number of pyridine rings is 1. The van der Waals surface area contributed by atoms with E-state index in [-0.39, 0.29) is 5.69 Å². The summed E-state index contributed by atoms with van der Waals surface area (Å²) in [6.07, 6.45) is 5.78. The molecular weight excluding hydrogens is 348 g/mol. The zero-order chi connectivity index (χ0) is 19.6. The fourth-order valence-electron chi connectivity index (χ4n) is 2.85. The Balaban J connectivity index is 1.98. The van der Waals surface area contributed by atoms with Gasteiger partial charge in [0.15, 0.2) is 6.29 Å². The zero-order valence-corrected chi connectivity index (χ0v) is 15.6. The van der Waals surface area contributed by atoms with Crippen molar-refractivity contribution < 1.29 is 14.3 Å². The molecule has 0 aliphatic rings. The molecule has 9 heteroatoms. The molecule has 3 aromatic rings. The van der Waals surface area contributed by atoms with Gasteiger partial charge in [0.2, 0.25) is 0 Å². The molecule has 0 amide bonds. The van der Waals surface area contributed by atoms with Gasteiger partial charge in [-0.25, -0.2) is 9.78 Å². The molecule has 9 nitrogen and oxygen atoms in total. The van der Waals surface area contributed by atoms with Crippen LogP contribution in [0, 0.1) is 0 Å². The Morgan fingerprint density at radius 2 is 2.19 bits per heavy atom. The standard InChI is InChI=1S/C18H20N6O3/c1-22-6-5-12(21-22)10-23(2)20-8-14-13-7-15(18(26)27-4)19-9-16(13)24(3)17(14)11-25/h5-9,11H,10H2,1-4H3/b20-8-. The van der Waals surface area contributed by atoms with E-state index in [0.29, 0.717) is 23.2 Å². The Kier molecular flexibility index (Phi) is 5.02. The van der Waals surface area contributed by atoms with Crippen LogP contribution in [0.1, 0.15) is 32.2 Å². The molecule has 140 valence electrons. The average molecular weight is 368 g/mol. The quantitative estimate of drug-likeness (QED) is 0.282. The third-order valence-electron chi connectivity index (χ3n) is 4.22. The highest BCUT2D eigenvalue weighted by atomic mass is 16.5. The number of esters is 1. The van der Waals surface area contributed by atoms with Crippen molar-refractivity contribution in [2.75, 3.05) is 14.2 Å². The maximum Gasteiger partial charge on any atom is 0.356 e. The van der Waals surface area contributed by atoms with Gasteiger partial charge in [0.1, 0.15) is 5.69 Å². The van der Waals surface area contributed by atoms with E-state index in [2.05, 4.69) is 15.2 Å². The second kappa shape index (κ2) is 7.40. The van der Waals surface area contributed by atoms with Crippen LogP contribution in [0.25, 0.3) is 10.9 Å². The number of hydrogen-bond donors (Lipinski definition) is 0. The molecule has 0 aromatic carbocycles. The van der Waals surface area contributed by atoms with Gasteiger partial charge in [-0.05, 0) is 12.1 Å². The Hall–Kier alpha value is -3.49. The highest BCUT2D eigenvalue weighted by Gasteiger charge is 2.17. The molecule has 0 saturated carbocycles. The normalized spacial score (nSPS) is 11.3. The number of hydrogen-bond acceptors (Lipinski definition) is 7. The van der Waals surface area contributed by atoms with E-state index < -0.39 is 5.97 Å². The molecule has 0 N–H and O–H groups in total. The monoisotopic (exact) mass is 368 g/mol. The molecule has 0 spiro atoms. The van der Waals surface area contributed by atoms with Crippen molar-refractivity contribution in [3.63, 3.8) is 0 Å². The highest BCUT2D eigenvalue weighted by Crippen LogP contribution is 2.23. The minimum absolute atomic E-state index is 0.171. The van der Waals surface area contributed by atoms with E-state index in [1.54, 1.807) is 39.8 Å². The molecule has 0 fully saturated rings. The lowest BCUT2D eigenvalue weighted by Gasteiger charge is -2.10. The van der Waals surface area contributed by atoms with Gasteiger partial charge in [0.25, 0.3) is 0 Å². The van der Waals surface area contributed by atoms with Gasteiger partial charge >= 0.3 is 5.97 Å². The van der Waals surface area contributed by atoms with Crippen molar-refractivity contribution in [2.24, 2.45) is 19.2 Å². The van der Waals surface area contributed by atoms with Crippen LogP contribution >= 0.6 is 0 Å². The number of nitrogens with zero attached hydrogens (tertiary/aromatic N) is 6. The van der Waals surface area contributed by atoms with Gasteiger partial charge in [0.05, 0.1) is 43.0 Å². The smallest absolute Gasteiger partial charge is 0.356 e. The number of methoxy groups -OCH3 is 1. The lowest BCUT2D eigenvalue weighted by Crippen LogP contribution is -2.12. The minimum atomic E-state index is -0.538. The molecule has 27 heavy (non-hydrogen) atoms. The van der Waals surface area contributed by atoms with Crippen LogP contribution in [0.2, 0.25) is 0 Å². The van der Waals surface area contributed by atoms with Crippen molar-refractivity contribution in [3.8, 4) is 0 Å². The molecule has 3 heterocycles. The number of hydrazone groups is 1. The highest BCUT2D eigenvalue weighted by molar-refractivity contribution is 6.07. The summed E-state index contributed by atoms with van der Waals surface area (Å²) in [5, 5.41) is 11.2. The van der Waals surface area contributed by atoms with E-state index in [1.807, 2.05) is 26.4 Å². The molecular formula is C18H20N6O3. The number of carbonyl (C=O) groups is 2. The Labute approximate surface area is 155 Å². The van der Waals surface area contributed by atoms with Crippen molar-refractivity contribution in [3.05, 3.63) is 47.2 Å². The first-order valence-electron chi connectivity index (χ1n) is 8.20. The first kappa shape index (κ1) is 18.3. The van der Waals surface area contributed by atoms with Crippen LogP contribution in [0.3, 0.4) is 0 Å². The maximum absolute atomic E-state index is 11.8. The summed E-state index contributed by atoms with van der Waals surface area (Å²) in [5.41, 5.74) is 2.83. The number of aldehydes is 1. The zero-order valence-electron chi connectivity index (χ0n) is 15.6. The summed E-state index contributed by atoms with van der Waals surface area (Å²) in [5.74, 6) is -0.538. The van der Waals surface area contributed by atoms with E-state index in [4.69, 9.17) is 4.74 Å². The van der Waals surface area contributed by atoms with Crippen molar-refractivity contribution in [1.29, 1.82) is 0 Å². The molecule has 3 rings (SSSR count). The molecule has 0 atom stereocenters. The lowest BCUT2D eigenvalue weighted by atomic mass is 10.1. The molecule has 0 bridgehead atoms. The number of carbonyl (C=O) groups excluding carboxylic acids is 2. The second-order valence-corrected chi connectivity index (χ2v) is 6.10. The van der Waals surface area contributed by atoms with Crippen LogP contribution in [0.4, 0.5) is 0 Å². The summed E-state index contributed by atoms with van der Waals surface area (Å²) in [4.78, 5) is 27.5. The summed E-state index contributed by atoms with van der Waals surface area (Å²) in [6.45, 7) is 0.521. The van der Waals surface area contributed by atoms with Crippen LogP contribution in [-0.4, -0.2) is 57.0 Å². The molecule has 0 saturated heterocycles. The van der Waals surface area contributed by atoms with Gasteiger partial charge in [-0.15, -0.1) is 0 Å². The number of fused-ring (bicyclic) bond motifs is 1. The summed E-state index contributed by atoms with van der Waals surface area (Å²) in [7, 11) is 6.73. The third-order valence-corrected chi connectivity index (χ3v) is 4.22. The van der Waals surface area contributed by atoms with E-state index in [0.717, 1.165) is 17.5 Å². The average Bonchev–Trinajstić information content (AvgIpc) is 3.19. The number of aromatic nitrogens is 4. The lowest BCUT2D eigenvalue weighted by molar-refractivity contribution is 0.0594. The molecule has 0 aliphatic carbocycles. The number of rotatable bonds is 6. The van der Waals surface area contributed by atoms with Gasteiger partial charge in [-0.1, -0.05) is 0 Å². The summed E-state index contributed by atoms with van der Waals surface area (Å²) < 4.78 is 8.17. The van der Waals surface area contributed by atoms with Gasteiger partial charge < -0.3 is 9.30 Å². The Morgan fingerprint density at radius 1 is 1.41 bits per heavy atom. The van der Waals surface area contributed by atoms with Gasteiger partial charge in [-0.3, -0.25) is 14.5 Å². The van der Waals surface area contributed by atoms with E-state index in [1.165, 1.54) is 7.11 Å². The van der Waals surface area contributed by atoms with Crippen LogP contribution in [-0.2, 0) is 25.4 Å². The Morgan fingerprint density at radius 3 is 2.81 bits per heavy atom. The predicted molar refractivity (Wildman–Crippen MR) is 99.7 cm³/mol. The first-order valence-corrected chi connectivity index (χ1v) is 8.20. The third kappa shape index (κ3) is 3.57. The van der Waals surface area contributed by atoms with E-state index >= 15 is 0 Å². The Bertz CT molecular complexity index is 1030. The molecule has 0 unspecified atom stereocenters. The van der Waals surface area contributed by atoms with Crippen molar-refractivity contribution in [1.82, 2.24) is 24.3 Å². The topological polar surface area (TPSA) is 94.6 Å². The largest absolute Gasteiger partial charge is 0.464 e. The van der Waals surface area contributed by atoms with Crippen LogP contribution in [0.15, 0.2) is 29.6 Å². The fraction of sp³-hybridized carbons (Fsp3) is 0.278. The second-order valence-electron chi connectivity index (χ2n) is 6.10. The maximum atomic E-state index is 11.8. The van der Waals surface area contributed by atoms with Crippen molar-refractivity contribution in [2.45, 2.75) is 6.54 Å². The van der Waals surface area contributed by atoms with Crippen LogP contribution in [0.5, 0.6) is 0 Å². The van der Waals surface area contributed by atoms with Gasteiger partial charge in [-0.2, -0.15) is 10.2 Å². The SMILES string of the molecule is COC(=O)c1cc2c(/C=N\N(C)Cc3ccn(C)n3)c(C=O)n(C)c2cn1. The molecule has 0 radical (unpaired) electrons. The molecule has 3 aromatic heterocycles. The van der Waals surface area contributed by atoms with Gasteiger partial charge in [0, 0.05) is 38.3 Å². The van der Waals surface area contributed by atoms with Crippen LogP contribution < -0.4 is 0 Å². The predicted octanol–water partition coefficient (Wildman–Crippen LogP) is 1.37. The van der Waals surface area contributed by atoms with E-state index in [9.17, 15) is 9.59 Å². The minimum Gasteiger partial charge on any atom is -0.464 e.